The number of likely N-dealkylation sites (tertiary alicyclic amines) is 1. The Bertz CT molecular complexity index is 966. The van der Waals surface area contributed by atoms with Crippen LogP contribution in [0, 0.1) is 5.92 Å². The van der Waals surface area contributed by atoms with Crippen molar-refractivity contribution < 1.29 is 4.79 Å². The quantitative estimate of drug-likeness (QED) is 0.699. The van der Waals surface area contributed by atoms with E-state index in [9.17, 15) is 4.79 Å². The predicted molar refractivity (Wildman–Crippen MR) is 103 cm³/mol. The summed E-state index contributed by atoms with van der Waals surface area (Å²) in [6.07, 6.45) is 10.8. The number of aryl methyl sites for hydroxylation is 1. The molecule has 1 saturated heterocycles. The number of hydrogen-bond acceptors (Lipinski definition) is 5. The summed E-state index contributed by atoms with van der Waals surface area (Å²) >= 11 is 0. The first-order chi connectivity index (χ1) is 13.1. The second-order valence-electron chi connectivity index (χ2n) is 6.89. The molecule has 0 aromatic carbocycles. The Labute approximate surface area is 157 Å². The highest BCUT2D eigenvalue weighted by atomic mass is 16.2. The van der Waals surface area contributed by atoms with Gasteiger partial charge in [0.1, 0.15) is 5.52 Å². The summed E-state index contributed by atoms with van der Waals surface area (Å²) in [6.45, 7) is 5.94. The second-order valence-corrected chi connectivity index (χ2v) is 6.89. The Morgan fingerprint density at radius 3 is 2.85 bits per heavy atom. The minimum atomic E-state index is 0.0215. The molecule has 4 heterocycles. The zero-order valence-electron chi connectivity index (χ0n) is 15.4. The molecule has 0 saturated carbocycles. The van der Waals surface area contributed by atoms with Gasteiger partial charge < -0.3 is 10.2 Å². The number of piperidine rings is 1. The number of nitrogens with zero attached hydrogens (tertiary/aromatic N) is 6. The molecule has 1 fully saturated rings. The van der Waals surface area contributed by atoms with Crippen LogP contribution in [0.2, 0.25) is 0 Å². The summed E-state index contributed by atoms with van der Waals surface area (Å²) in [5.74, 6) is 1.34. The zero-order valence-corrected chi connectivity index (χ0v) is 15.4. The van der Waals surface area contributed by atoms with Crippen LogP contribution in [0.4, 0.5) is 5.82 Å². The standard InChI is InChI=1S/C19H23N7O/c1-3-18(27)25-8-5-14(6-9-25)10-20-19-17-4-7-21-26(17)13-16(23-19)15-11-22-24(2)12-15/h3-4,7,11-14H,1,5-6,8-10H2,2H3,(H,20,23). The maximum atomic E-state index is 11.7. The summed E-state index contributed by atoms with van der Waals surface area (Å²) in [7, 11) is 1.89. The molecule has 4 rings (SSSR count). The molecule has 0 spiro atoms. The topological polar surface area (TPSA) is 80.4 Å². The molecule has 0 unspecified atom stereocenters. The first-order valence-electron chi connectivity index (χ1n) is 9.12. The van der Waals surface area contributed by atoms with Gasteiger partial charge in [0.2, 0.25) is 5.91 Å². The third kappa shape index (κ3) is 3.55. The highest BCUT2D eigenvalue weighted by Gasteiger charge is 2.21. The Hall–Kier alpha value is -3.16. The van der Waals surface area contributed by atoms with Crippen molar-refractivity contribution in [1.29, 1.82) is 0 Å². The molecule has 8 heteroatoms. The lowest BCUT2D eigenvalue weighted by atomic mass is 9.96. The van der Waals surface area contributed by atoms with E-state index < -0.39 is 0 Å². The van der Waals surface area contributed by atoms with Crippen molar-refractivity contribution in [2.24, 2.45) is 13.0 Å². The van der Waals surface area contributed by atoms with Gasteiger partial charge in [-0.15, -0.1) is 0 Å². The highest BCUT2D eigenvalue weighted by Crippen LogP contribution is 2.23. The van der Waals surface area contributed by atoms with Crippen molar-refractivity contribution in [3.63, 3.8) is 0 Å². The van der Waals surface area contributed by atoms with Crippen molar-refractivity contribution >= 4 is 17.2 Å². The van der Waals surface area contributed by atoms with E-state index >= 15 is 0 Å². The van der Waals surface area contributed by atoms with Gasteiger partial charge in [-0.1, -0.05) is 6.58 Å². The van der Waals surface area contributed by atoms with Crippen LogP contribution < -0.4 is 5.32 Å². The fourth-order valence-electron chi connectivity index (χ4n) is 3.48. The Morgan fingerprint density at radius 2 is 2.15 bits per heavy atom. The van der Waals surface area contributed by atoms with Gasteiger partial charge in [-0.05, 0) is 30.9 Å². The number of fused-ring (bicyclic) bond motifs is 1. The van der Waals surface area contributed by atoms with E-state index in [4.69, 9.17) is 4.98 Å². The van der Waals surface area contributed by atoms with Crippen LogP contribution in [-0.2, 0) is 11.8 Å². The number of carbonyl (C=O) groups is 1. The highest BCUT2D eigenvalue weighted by molar-refractivity contribution is 5.87. The number of nitrogens with one attached hydrogen (secondary N) is 1. The molecule has 1 N–H and O–H groups in total. The first kappa shape index (κ1) is 17.3. The molecule has 1 aliphatic heterocycles. The number of carbonyl (C=O) groups excluding carboxylic acids is 1. The number of anilines is 1. The lowest BCUT2D eigenvalue weighted by Crippen LogP contribution is -2.39. The van der Waals surface area contributed by atoms with Crippen molar-refractivity contribution in [2.75, 3.05) is 25.0 Å². The van der Waals surface area contributed by atoms with Gasteiger partial charge in [0.05, 0.1) is 24.3 Å². The van der Waals surface area contributed by atoms with Gasteiger partial charge in [-0.2, -0.15) is 10.2 Å². The Balaban J connectivity index is 1.48. The molecule has 0 bridgehead atoms. The molecule has 140 valence electrons. The third-order valence-corrected chi connectivity index (χ3v) is 5.05. The summed E-state index contributed by atoms with van der Waals surface area (Å²) in [4.78, 5) is 18.4. The van der Waals surface area contributed by atoms with Crippen LogP contribution >= 0.6 is 0 Å². The van der Waals surface area contributed by atoms with E-state index in [1.54, 1.807) is 17.1 Å². The van der Waals surface area contributed by atoms with Crippen LogP contribution in [-0.4, -0.2) is 54.8 Å². The largest absolute Gasteiger partial charge is 0.368 e. The van der Waals surface area contributed by atoms with Crippen LogP contribution in [0.25, 0.3) is 16.8 Å². The fourth-order valence-corrected chi connectivity index (χ4v) is 3.48. The molecule has 8 nitrogen and oxygen atoms in total. The Kier molecular flexibility index (Phi) is 4.62. The van der Waals surface area contributed by atoms with Gasteiger partial charge in [-0.3, -0.25) is 9.48 Å². The summed E-state index contributed by atoms with van der Waals surface area (Å²) in [6, 6.07) is 1.95. The minimum Gasteiger partial charge on any atom is -0.368 e. The van der Waals surface area contributed by atoms with Crippen molar-refractivity contribution in [3.8, 4) is 11.3 Å². The van der Waals surface area contributed by atoms with Crippen molar-refractivity contribution in [3.05, 3.63) is 43.5 Å². The van der Waals surface area contributed by atoms with Gasteiger partial charge in [0, 0.05) is 38.4 Å². The third-order valence-electron chi connectivity index (χ3n) is 5.05. The monoisotopic (exact) mass is 365 g/mol. The zero-order chi connectivity index (χ0) is 18.8. The number of rotatable bonds is 5. The lowest BCUT2D eigenvalue weighted by Gasteiger charge is -2.31. The first-order valence-corrected chi connectivity index (χ1v) is 9.12. The molecular formula is C19H23N7O. The van der Waals surface area contributed by atoms with Gasteiger partial charge >= 0.3 is 0 Å². The van der Waals surface area contributed by atoms with Crippen LogP contribution in [0.3, 0.4) is 0 Å². The fraction of sp³-hybridized carbons (Fsp3) is 0.368. The summed E-state index contributed by atoms with van der Waals surface area (Å²) < 4.78 is 3.60. The van der Waals surface area contributed by atoms with E-state index in [0.29, 0.717) is 5.92 Å². The van der Waals surface area contributed by atoms with Crippen LogP contribution in [0.1, 0.15) is 12.8 Å². The average molecular weight is 365 g/mol. The van der Waals surface area contributed by atoms with E-state index in [-0.39, 0.29) is 5.91 Å². The van der Waals surface area contributed by atoms with Crippen molar-refractivity contribution in [2.45, 2.75) is 12.8 Å². The lowest BCUT2D eigenvalue weighted by molar-refractivity contribution is -0.127. The SMILES string of the molecule is C=CC(=O)N1CCC(CNc2nc(-c3cnn(C)c3)cn3nccc23)CC1. The van der Waals surface area contributed by atoms with E-state index in [1.807, 2.05) is 34.9 Å². The van der Waals surface area contributed by atoms with Gasteiger partial charge in [0.15, 0.2) is 5.82 Å². The minimum absolute atomic E-state index is 0.0215. The molecule has 0 atom stereocenters. The molecule has 3 aromatic rings. The summed E-state index contributed by atoms with van der Waals surface area (Å²) in [5, 5.41) is 12.1. The number of aromatic nitrogens is 5. The molecule has 0 radical (unpaired) electrons. The molecule has 0 aliphatic carbocycles. The molecule has 1 aliphatic rings. The maximum Gasteiger partial charge on any atom is 0.245 e. The van der Waals surface area contributed by atoms with Gasteiger partial charge in [-0.25, -0.2) is 9.50 Å². The van der Waals surface area contributed by atoms with Crippen LogP contribution in [0.5, 0.6) is 0 Å². The van der Waals surface area contributed by atoms with Crippen molar-refractivity contribution in [1.82, 2.24) is 29.3 Å². The normalized spacial score (nSPS) is 15.2. The van der Waals surface area contributed by atoms with E-state index in [2.05, 4.69) is 22.1 Å². The number of amides is 1. The predicted octanol–water partition coefficient (Wildman–Crippen LogP) is 1.97. The van der Waals surface area contributed by atoms with E-state index in [0.717, 1.165) is 55.1 Å². The molecule has 1 amide bonds. The molecule has 27 heavy (non-hydrogen) atoms. The smallest absolute Gasteiger partial charge is 0.245 e. The summed E-state index contributed by atoms with van der Waals surface area (Å²) in [5.41, 5.74) is 2.73. The molecule has 3 aromatic heterocycles. The van der Waals surface area contributed by atoms with Gasteiger partial charge in [0.25, 0.3) is 0 Å². The maximum absolute atomic E-state index is 11.7. The van der Waals surface area contributed by atoms with E-state index in [1.165, 1.54) is 6.08 Å². The van der Waals surface area contributed by atoms with Crippen LogP contribution in [0.15, 0.2) is 43.5 Å². The average Bonchev–Trinajstić information content (AvgIpc) is 3.34. The second kappa shape index (κ2) is 7.22. The Morgan fingerprint density at radius 1 is 1.33 bits per heavy atom. The molecular weight excluding hydrogens is 342 g/mol. The number of hydrogen-bond donors (Lipinski definition) is 1.